The van der Waals surface area contributed by atoms with Crippen LogP contribution in [0.2, 0.25) is 0 Å². The molecule has 0 unspecified atom stereocenters. The van der Waals surface area contributed by atoms with Crippen LogP contribution in [0.3, 0.4) is 0 Å². The molecule has 0 aliphatic carbocycles. The van der Waals surface area contributed by atoms with Gasteiger partial charge in [0.15, 0.2) is 5.82 Å². The van der Waals surface area contributed by atoms with E-state index >= 15 is 0 Å². The molecular weight excluding hydrogens is 287 g/mol. The van der Waals surface area contributed by atoms with E-state index in [0.29, 0.717) is 18.7 Å². The highest BCUT2D eigenvalue weighted by Gasteiger charge is 2.32. The van der Waals surface area contributed by atoms with E-state index in [0.717, 1.165) is 4.31 Å². The standard InChI is InChI=1S/C12H17FN2O4S/c1-2-14-8-6-9(12(16)17)11(13)10(7-8)15-4-3-5-20(15,18)19/h6-7,14,18-19H,2-5H2,1H3,(H,16,17). The van der Waals surface area contributed by atoms with Crippen LogP contribution in [0, 0.1) is 5.82 Å². The fourth-order valence-corrected chi connectivity index (χ4v) is 3.79. The molecule has 6 nitrogen and oxygen atoms in total. The SMILES string of the molecule is CCNc1cc(C(=O)O)c(F)c(N2CCCS2(O)O)c1. The number of hydrogen-bond acceptors (Lipinski definition) is 5. The molecule has 1 saturated heterocycles. The van der Waals surface area contributed by atoms with Gasteiger partial charge in [-0.2, -0.15) is 0 Å². The number of carboxylic acid groups (broad SMARTS) is 1. The second kappa shape index (κ2) is 5.47. The highest BCUT2D eigenvalue weighted by atomic mass is 32.3. The molecule has 1 aromatic carbocycles. The fourth-order valence-electron chi connectivity index (χ4n) is 2.19. The summed E-state index contributed by atoms with van der Waals surface area (Å²) in [5.74, 6) is -2.17. The van der Waals surface area contributed by atoms with E-state index in [1.54, 1.807) is 0 Å². The summed E-state index contributed by atoms with van der Waals surface area (Å²) >= 11 is 0. The zero-order valence-electron chi connectivity index (χ0n) is 11.0. The summed E-state index contributed by atoms with van der Waals surface area (Å²) in [6.45, 7) is 2.65. The molecule has 4 N–H and O–H groups in total. The number of carboxylic acids is 1. The molecule has 1 aromatic rings. The molecule has 20 heavy (non-hydrogen) atoms. The Morgan fingerprint density at radius 1 is 1.50 bits per heavy atom. The van der Waals surface area contributed by atoms with E-state index in [4.69, 9.17) is 5.11 Å². The lowest BCUT2D eigenvalue weighted by molar-refractivity contribution is 0.0692. The third-order valence-corrected chi connectivity index (χ3v) is 4.99. The van der Waals surface area contributed by atoms with Crippen LogP contribution in [-0.2, 0) is 0 Å². The molecule has 0 amide bonds. The average Bonchev–Trinajstić information content (AvgIpc) is 2.71. The number of halogens is 1. The van der Waals surface area contributed by atoms with E-state index in [1.807, 2.05) is 6.92 Å². The summed E-state index contributed by atoms with van der Waals surface area (Å²) in [5, 5.41) is 12.0. The first-order chi connectivity index (χ1) is 9.36. The Morgan fingerprint density at radius 3 is 2.70 bits per heavy atom. The van der Waals surface area contributed by atoms with Crippen LogP contribution < -0.4 is 9.62 Å². The van der Waals surface area contributed by atoms with E-state index in [-0.39, 0.29) is 18.0 Å². The van der Waals surface area contributed by atoms with Crippen LogP contribution in [-0.4, -0.2) is 39.0 Å². The minimum Gasteiger partial charge on any atom is -0.478 e. The van der Waals surface area contributed by atoms with Crippen LogP contribution in [0.25, 0.3) is 0 Å². The van der Waals surface area contributed by atoms with Crippen molar-refractivity contribution in [1.29, 1.82) is 0 Å². The first-order valence-electron chi connectivity index (χ1n) is 6.21. The molecule has 1 aliphatic heterocycles. The predicted molar refractivity (Wildman–Crippen MR) is 77.2 cm³/mol. The maximum Gasteiger partial charge on any atom is 0.338 e. The van der Waals surface area contributed by atoms with Crippen molar-refractivity contribution in [2.75, 3.05) is 28.5 Å². The van der Waals surface area contributed by atoms with Crippen LogP contribution in [0.1, 0.15) is 23.7 Å². The van der Waals surface area contributed by atoms with Crippen molar-refractivity contribution in [2.24, 2.45) is 0 Å². The van der Waals surface area contributed by atoms with Gasteiger partial charge in [-0.05, 0) is 25.5 Å². The van der Waals surface area contributed by atoms with E-state index in [9.17, 15) is 18.3 Å². The molecule has 2 rings (SSSR count). The van der Waals surface area contributed by atoms with Crippen LogP contribution in [0.4, 0.5) is 15.8 Å². The van der Waals surface area contributed by atoms with Gasteiger partial charge >= 0.3 is 5.97 Å². The maximum atomic E-state index is 14.3. The summed E-state index contributed by atoms with van der Waals surface area (Å²) in [4.78, 5) is 11.1. The highest BCUT2D eigenvalue weighted by Crippen LogP contribution is 2.52. The summed E-state index contributed by atoms with van der Waals surface area (Å²) in [7, 11) is -3.06. The summed E-state index contributed by atoms with van der Waals surface area (Å²) in [6, 6.07) is 2.61. The molecule has 1 aliphatic rings. The van der Waals surface area contributed by atoms with Gasteiger partial charge in [0.1, 0.15) is 0 Å². The minimum atomic E-state index is -3.06. The molecule has 112 valence electrons. The van der Waals surface area contributed by atoms with Crippen LogP contribution in [0.15, 0.2) is 12.1 Å². The number of hydrogen-bond donors (Lipinski definition) is 4. The molecule has 1 fully saturated rings. The highest BCUT2D eigenvalue weighted by molar-refractivity contribution is 8.25. The summed E-state index contributed by atoms with van der Waals surface area (Å²) < 4.78 is 35.3. The number of benzene rings is 1. The molecule has 0 atom stereocenters. The zero-order chi connectivity index (χ0) is 14.9. The smallest absolute Gasteiger partial charge is 0.338 e. The summed E-state index contributed by atoms with van der Waals surface area (Å²) in [5.41, 5.74) is -0.137. The molecule has 1 heterocycles. The van der Waals surface area contributed by atoms with Crippen molar-refractivity contribution in [3.8, 4) is 0 Å². The third kappa shape index (κ3) is 2.67. The second-order valence-corrected chi connectivity index (χ2v) is 6.60. The van der Waals surface area contributed by atoms with Gasteiger partial charge in [-0.15, -0.1) is 10.8 Å². The Balaban J connectivity index is 2.53. The Kier molecular flexibility index (Phi) is 4.07. The van der Waals surface area contributed by atoms with Gasteiger partial charge in [-0.25, -0.2) is 9.18 Å². The Hall–Kier alpha value is -1.51. The van der Waals surface area contributed by atoms with Crippen LogP contribution in [0.5, 0.6) is 0 Å². The minimum absolute atomic E-state index is 0.0849. The number of nitrogens with zero attached hydrogens (tertiary/aromatic N) is 1. The van der Waals surface area contributed by atoms with Gasteiger partial charge in [0.05, 0.1) is 17.0 Å². The van der Waals surface area contributed by atoms with E-state index < -0.39 is 28.1 Å². The van der Waals surface area contributed by atoms with Gasteiger partial charge in [-0.1, -0.05) is 0 Å². The van der Waals surface area contributed by atoms with E-state index in [2.05, 4.69) is 5.32 Å². The lowest BCUT2D eigenvalue weighted by Crippen LogP contribution is -2.24. The number of rotatable bonds is 4. The Morgan fingerprint density at radius 2 is 2.20 bits per heavy atom. The lowest BCUT2D eigenvalue weighted by Gasteiger charge is -2.38. The molecule has 0 spiro atoms. The molecule has 0 aromatic heterocycles. The normalized spacial score (nSPS) is 18.9. The topological polar surface area (TPSA) is 93.0 Å². The number of nitrogens with one attached hydrogen (secondary N) is 1. The van der Waals surface area contributed by atoms with Crippen molar-refractivity contribution in [3.63, 3.8) is 0 Å². The van der Waals surface area contributed by atoms with Gasteiger partial charge in [-0.3, -0.25) is 13.4 Å². The Labute approximate surface area is 117 Å². The molecule has 8 heteroatoms. The van der Waals surface area contributed by atoms with Crippen LogP contribution >= 0.6 is 10.8 Å². The van der Waals surface area contributed by atoms with Crippen molar-refractivity contribution < 1.29 is 23.4 Å². The maximum absolute atomic E-state index is 14.3. The quantitative estimate of drug-likeness (QED) is 0.683. The Bertz CT molecular complexity index is 538. The van der Waals surface area contributed by atoms with Gasteiger partial charge in [0.25, 0.3) is 0 Å². The van der Waals surface area contributed by atoms with Crippen molar-refractivity contribution in [3.05, 3.63) is 23.5 Å². The average molecular weight is 304 g/mol. The van der Waals surface area contributed by atoms with Crippen molar-refractivity contribution >= 4 is 28.1 Å². The van der Waals surface area contributed by atoms with E-state index in [1.165, 1.54) is 12.1 Å². The third-order valence-electron chi connectivity index (χ3n) is 3.07. The van der Waals surface area contributed by atoms with Gasteiger partial charge < -0.3 is 10.4 Å². The monoisotopic (exact) mass is 304 g/mol. The first kappa shape index (κ1) is 14.9. The van der Waals surface area contributed by atoms with Gasteiger partial charge in [0.2, 0.25) is 0 Å². The number of aromatic carboxylic acids is 1. The van der Waals surface area contributed by atoms with Crippen molar-refractivity contribution in [2.45, 2.75) is 13.3 Å². The molecule has 0 saturated carbocycles. The largest absolute Gasteiger partial charge is 0.478 e. The van der Waals surface area contributed by atoms with Crippen molar-refractivity contribution in [1.82, 2.24) is 0 Å². The molecule has 0 radical (unpaired) electrons. The fraction of sp³-hybridized carbons (Fsp3) is 0.417. The number of carbonyl (C=O) groups is 1. The second-order valence-electron chi connectivity index (χ2n) is 4.48. The zero-order valence-corrected chi connectivity index (χ0v) is 11.8. The van der Waals surface area contributed by atoms with Gasteiger partial charge in [0, 0.05) is 18.8 Å². The summed E-state index contributed by atoms with van der Waals surface area (Å²) in [6.07, 6.45) is 0.523. The first-order valence-corrected chi connectivity index (χ1v) is 7.88. The molecule has 0 bridgehead atoms. The molecular formula is C12H17FN2O4S. The lowest BCUT2D eigenvalue weighted by atomic mass is 10.1. The predicted octanol–water partition coefficient (Wildman–Crippen LogP) is 2.83. The number of anilines is 2.